The molecule has 2 nitrogen and oxygen atoms in total. The van der Waals surface area contributed by atoms with Crippen molar-refractivity contribution in [2.24, 2.45) is 0 Å². The lowest BCUT2D eigenvalue weighted by molar-refractivity contribution is 1.16. The van der Waals surface area contributed by atoms with Crippen LogP contribution in [-0.4, -0.2) is 4.57 Å². The van der Waals surface area contributed by atoms with Gasteiger partial charge in [-0.2, -0.15) is 0 Å². The second-order valence-electron chi connectivity index (χ2n) is 14.1. The number of para-hydroxylation sites is 1. The van der Waals surface area contributed by atoms with Crippen molar-refractivity contribution in [2.45, 2.75) is 9.79 Å². The van der Waals surface area contributed by atoms with Crippen molar-refractivity contribution in [3.63, 3.8) is 0 Å². The molecular weight excluding hydrogens is 661 g/mol. The zero-order valence-electron chi connectivity index (χ0n) is 28.6. The fourth-order valence-electron chi connectivity index (χ4n) is 8.91. The van der Waals surface area contributed by atoms with E-state index < -0.39 is 0 Å². The number of aromatic nitrogens is 1. The van der Waals surface area contributed by atoms with Crippen molar-refractivity contribution in [1.29, 1.82) is 0 Å². The normalized spacial score (nSPS) is 12.8. The Labute approximate surface area is 310 Å². The summed E-state index contributed by atoms with van der Waals surface area (Å²) in [6.07, 6.45) is 0. The summed E-state index contributed by atoms with van der Waals surface area (Å²) in [6.45, 7) is 0. The summed E-state index contributed by atoms with van der Waals surface area (Å²) in [5.41, 5.74) is 7.16. The van der Waals surface area contributed by atoms with Crippen LogP contribution in [0.3, 0.4) is 0 Å². The summed E-state index contributed by atoms with van der Waals surface area (Å²) in [5, 5.41) is 15.2. The fraction of sp³-hybridized carbons (Fsp3) is 0. The maximum absolute atomic E-state index is 2.51. The molecule has 0 atom stereocenters. The van der Waals surface area contributed by atoms with Gasteiger partial charge in [0.2, 0.25) is 0 Å². The Balaban J connectivity index is 1.23. The third kappa shape index (κ3) is 4.17. The topological polar surface area (TPSA) is 8.17 Å². The van der Waals surface area contributed by atoms with Crippen LogP contribution in [0, 0.1) is 0 Å². The van der Waals surface area contributed by atoms with Crippen LogP contribution in [0.25, 0.3) is 81.4 Å². The molecule has 0 aliphatic carbocycles. The van der Waals surface area contributed by atoms with E-state index in [0.717, 1.165) is 5.69 Å². The lowest BCUT2D eigenvalue weighted by atomic mass is 9.93. The van der Waals surface area contributed by atoms with Gasteiger partial charge in [-0.3, -0.25) is 0 Å². The molecule has 12 rings (SSSR count). The van der Waals surface area contributed by atoms with Crippen molar-refractivity contribution in [2.75, 3.05) is 4.90 Å². The SMILES string of the molecule is c1ccc(-n2c3cc4c(cc3c3cc5c6ccccc6c6ccccc6c5cc32)Sc2cc3ccccc3cc2N4c2cccc3ccccc23)cc1. The first-order valence-electron chi connectivity index (χ1n) is 18.2. The van der Waals surface area contributed by atoms with E-state index in [4.69, 9.17) is 0 Å². The molecule has 53 heavy (non-hydrogen) atoms. The molecule has 1 aliphatic rings. The van der Waals surface area contributed by atoms with Gasteiger partial charge in [-0.1, -0.05) is 139 Å². The molecule has 0 saturated carbocycles. The van der Waals surface area contributed by atoms with E-state index >= 15 is 0 Å². The Kier molecular flexibility index (Phi) is 6.02. The van der Waals surface area contributed by atoms with E-state index in [9.17, 15) is 0 Å². The first-order valence-corrected chi connectivity index (χ1v) is 19.0. The van der Waals surface area contributed by atoms with Gasteiger partial charge in [0.25, 0.3) is 0 Å². The van der Waals surface area contributed by atoms with E-state index in [1.54, 1.807) is 0 Å². The van der Waals surface area contributed by atoms with Crippen molar-refractivity contribution in [3.05, 3.63) is 182 Å². The van der Waals surface area contributed by atoms with Crippen LogP contribution >= 0.6 is 11.8 Å². The summed E-state index contributed by atoms with van der Waals surface area (Å²) in [6, 6.07) is 67.4. The summed E-state index contributed by atoms with van der Waals surface area (Å²) in [5.74, 6) is 0. The average Bonchev–Trinajstić information content (AvgIpc) is 3.53. The fourth-order valence-corrected chi connectivity index (χ4v) is 10.0. The molecule has 246 valence electrons. The minimum atomic E-state index is 1.16. The van der Waals surface area contributed by atoms with Gasteiger partial charge < -0.3 is 9.47 Å². The van der Waals surface area contributed by atoms with E-state index in [2.05, 4.69) is 191 Å². The molecule has 0 bridgehead atoms. The highest BCUT2D eigenvalue weighted by Crippen LogP contribution is 2.55. The molecule has 2 heterocycles. The summed E-state index contributed by atoms with van der Waals surface area (Å²) < 4.78 is 2.48. The third-order valence-corrected chi connectivity index (χ3v) is 12.4. The Bertz CT molecular complexity index is 3320. The Hall–Kier alpha value is -6.55. The molecule has 1 aromatic heterocycles. The molecule has 1 aliphatic heterocycles. The van der Waals surface area contributed by atoms with Gasteiger partial charge in [-0.05, 0) is 103 Å². The summed E-state index contributed by atoms with van der Waals surface area (Å²) in [4.78, 5) is 5.03. The Morgan fingerprint density at radius 2 is 0.811 bits per heavy atom. The molecule has 3 heteroatoms. The third-order valence-electron chi connectivity index (χ3n) is 11.3. The van der Waals surface area contributed by atoms with E-state index in [1.807, 2.05) is 11.8 Å². The molecule has 0 unspecified atom stereocenters. The minimum Gasteiger partial charge on any atom is -0.309 e. The molecule has 11 aromatic rings. The zero-order chi connectivity index (χ0) is 34.6. The highest BCUT2D eigenvalue weighted by atomic mass is 32.2. The lowest BCUT2D eigenvalue weighted by Gasteiger charge is -2.34. The number of fused-ring (bicyclic) bond motifs is 13. The number of hydrogen-bond acceptors (Lipinski definition) is 2. The Morgan fingerprint density at radius 1 is 0.302 bits per heavy atom. The molecule has 0 saturated heterocycles. The van der Waals surface area contributed by atoms with Crippen molar-refractivity contribution in [3.8, 4) is 5.69 Å². The van der Waals surface area contributed by atoms with Gasteiger partial charge in [0.1, 0.15) is 0 Å². The largest absolute Gasteiger partial charge is 0.309 e. The number of rotatable bonds is 2. The molecule has 0 spiro atoms. The monoisotopic (exact) mass is 690 g/mol. The number of hydrogen-bond donors (Lipinski definition) is 0. The maximum Gasteiger partial charge on any atom is 0.0623 e. The number of benzene rings is 10. The predicted octanol–water partition coefficient (Wildman–Crippen LogP) is 14.5. The highest BCUT2D eigenvalue weighted by molar-refractivity contribution is 7.99. The molecule has 0 amide bonds. The molecular formula is C50H30N2S. The summed E-state index contributed by atoms with van der Waals surface area (Å²) in [7, 11) is 0. The van der Waals surface area contributed by atoms with E-state index in [0.29, 0.717) is 0 Å². The quantitative estimate of drug-likeness (QED) is 0.167. The highest BCUT2D eigenvalue weighted by Gasteiger charge is 2.29. The number of nitrogens with zero attached hydrogens (tertiary/aromatic N) is 2. The maximum atomic E-state index is 2.51. The molecule has 0 radical (unpaired) electrons. The van der Waals surface area contributed by atoms with Crippen molar-refractivity contribution in [1.82, 2.24) is 4.57 Å². The second-order valence-corrected chi connectivity index (χ2v) is 15.2. The zero-order valence-corrected chi connectivity index (χ0v) is 29.4. The predicted molar refractivity (Wildman–Crippen MR) is 227 cm³/mol. The van der Waals surface area contributed by atoms with Crippen LogP contribution in [0.2, 0.25) is 0 Å². The van der Waals surface area contributed by atoms with Gasteiger partial charge in [0, 0.05) is 31.6 Å². The Morgan fingerprint density at radius 3 is 1.55 bits per heavy atom. The molecule has 0 fully saturated rings. The van der Waals surface area contributed by atoms with Crippen LogP contribution in [0.4, 0.5) is 17.1 Å². The van der Waals surface area contributed by atoms with Gasteiger partial charge in [-0.25, -0.2) is 0 Å². The average molecular weight is 691 g/mol. The molecule has 10 aromatic carbocycles. The lowest BCUT2D eigenvalue weighted by Crippen LogP contribution is -2.15. The van der Waals surface area contributed by atoms with Gasteiger partial charge in [0.05, 0.1) is 28.1 Å². The second kappa shape index (κ2) is 11.0. The smallest absolute Gasteiger partial charge is 0.0623 e. The van der Waals surface area contributed by atoms with Crippen molar-refractivity contribution >= 4 is 104 Å². The van der Waals surface area contributed by atoms with E-state index in [1.165, 1.54) is 103 Å². The first kappa shape index (κ1) is 29.1. The number of anilines is 3. The van der Waals surface area contributed by atoms with Crippen molar-refractivity contribution < 1.29 is 0 Å². The van der Waals surface area contributed by atoms with Crippen LogP contribution in [0.1, 0.15) is 0 Å². The standard InChI is InChI=1S/C50H30N2S/c1-2-17-34(18-3-1)51-45-28-41-39-23-11-9-21-37(39)36-20-8-10-22-38(36)40(41)27-42(45)43-29-50-48(30-46(43)51)52(44-24-12-16-31-13-6-7-19-35(31)44)47-25-32-14-4-5-15-33(32)26-49(47)53-50/h1-30H. The summed E-state index contributed by atoms with van der Waals surface area (Å²) >= 11 is 1.89. The van der Waals surface area contributed by atoms with Gasteiger partial charge in [-0.15, -0.1) is 0 Å². The van der Waals surface area contributed by atoms with Gasteiger partial charge >= 0.3 is 0 Å². The van der Waals surface area contributed by atoms with Gasteiger partial charge in [0.15, 0.2) is 0 Å². The van der Waals surface area contributed by atoms with Crippen LogP contribution < -0.4 is 4.90 Å². The first-order chi connectivity index (χ1) is 26.3. The van der Waals surface area contributed by atoms with Crippen LogP contribution in [0.5, 0.6) is 0 Å². The van der Waals surface area contributed by atoms with Crippen LogP contribution in [0.15, 0.2) is 192 Å². The van der Waals surface area contributed by atoms with Crippen LogP contribution in [-0.2, 0) is 0 Å². The van der Waals surface area contributed by atoms with E-state index in [-0.39, 0.29) is 0 Å². The minimum absolute atomic E-state index is 1.16. The molecule has 0 N–H and O–H groups in total.